The van der Waals surface area contributed by atoms with Crippen LogP contribution in [0, 0.1) is 19.7 Å². The van der Waals surface area contributed by atoms with Crippen LogP contribution in [0.4, 0.5) is 10.1 Å². The van der Waals surface area contributed by atoms with E-state index in [0.29, 0.717) is 6.54 Å². The lowest BCUT2D eigenvalue weighted by molar-refractivity contribution is 0.386. The Balaban J connectivity index is 2.13. The Morgan fingerprint density at radius 2 is 1.95 bits per heavy atom. The van der Waals surface area contributed by atoms with Crippen LogP contribution in [-0.2, 0) is 6.54 Å². The monoisotopic (exact) mass is 275 g/mol. The highest BCUT2D eigenvalue weighted by atomic mass is 19.1. The zero-order valence-electron chi connectivity index (χ0n) is 11.8. The van der Waals surface area contributed by atoms with Gasteiger partial charge in [-0.25, -0.2) is 4.39 Å². The number of hydrogen-bond donors (Lipinski definition) is 2. The molecule has 2 N–H and O–H groups in total. The van der Waals surface area contributed by atoms with Gasteiger partial charge in [0.1, 0.15) is 5.75 Å². The summed E-state index contributed by atoms with van der Waals surface area (Å²) in [7, 11) is 1.44. The van der Waals surface area contributed by atoms with E-state index in [1.54, 1.807) is 12.1 Å². The maximum Gasteiger partial charge on any atom is 0.165 e. The molecule has 0 radical (unpaired) electrons. The van der Waals surface area contributed by atoms with Crippen molar-refractivity contribution in [3.63, 3.8) is 0 Å². The fourth-order valence-corrected chi connectivity index (χ4v) is 2.04. The van der Waals surface area contributed by atoms with Crippen LogP contribution < -0.4 is 10.1 Å². The van der Waals surface area contributed by atoms with Gasteiger partial charge in [-0.2, -0.15) is 0 Å². The van der Waals surface area contributed by atoms with Crippen LogP contribution in [0.2, 0.25) is 0 Å². The topological polar surface area (TPSA) is 41.5 Å². The van der Waals surface area contributed by atoms with Crippen LogP contribution in [0.3, 0.4) is 0 Å². The third-order valence-electron chi connectivity index (χ3n) is 3.33. The normalized spacial score (nSPS) is 10.4. The number of benzene rings is 2. The number of methoxy groups -OCH3 is 1. The highest BCUT2D eigenvalue weighted by Gasteiger charge is 2.07. The Kier molecular flexibility index (Phi) is 4.13. The zero-order chi connectivity index (χ0) is 14.7. The minimum absolute atomic E-state index is 0.234. The van der Waals surface area contributed by atoms with Gasteiger partial charge in [0.05, 0.1) is 7.11 Å². The van der Waals surface area contributed by atoms with Gasteiger partial charge >= 0.3 is 0 Å². The van der Waals surface area contributed by atoms with Crippen LogP contribution in [0.25, 0.3) is 0 Å². The van der Waals surface area contributed by atoms with Gasteiger partial charge in [-0.15, -0.1) is 0 Å². The molecule has 0 aromatic heterocycles. The van der Waals surface area contributed by atoms with Gasteiger partial charge in [-0.3, -0.25) is 0 Å². The third kappa shape index (κ3) is 2.85. The van der Waals surface area contributed by atoms with Crippen molar-refractivity contribution in [2.24, 2.45) is 0 Å². The summed E-state index contributed by atoms with van der Waals surface area (Å²) in [6.07, 6.45) is 0. The quantitative estimate of drug-likeness (QED) is 0.892. The zero-order valence-corrected chi connectivity index (χ0v) is 11.8. The molecule has 0 unspecified atom stereocenters. The molecule has 0 amide bonds. The van der Waals surface area contributed by atoms with Crippen molar-refractivity contribution in [2.45, 2.75) is 20.4 Å². The molecule has 0 fully saturated rings. The van der Waals surface area contributed by atoms with Crippen molar-refractivity contribution in [1.82, 2.24) is 0 Å². The standard InChI is InChI=1S/C16H18FNO2/c1-10-4-6-14(11(2)16(10)19)18-9-12-5-7-15(20-3)13(17)8-12/h4-8,18-19H,9H2,1-3H3. The molecule has 0 saturated carbocycles. The molecule has 106 valence electrons. The molecule has 20 heavy (non-hydrogen) atoms. The average Bonchev–Trinajstić information content (AvgIpc) is 2.44. The van der Waals surface area contributed by atoms with Crippen molar-refractivity contribution in [1.29, 1.82) is 0 Å². The fourth-order valence-electron chi connectivity index (χ4n) is 2.04. The van der Waals surface area contributed by atoms with Gasteiger partial charge in [0, 0.05) is 17.8 Å². The van der Waals surface area contributed by atoms with Crippen LogP contribution in [0.5, 0.6) is 11.5 Å². The maximum absolute atomic E-state index is 13.6. The number of ether oxygens (including phenoxy) is 1. The van der Waals surface area contributed by atoms with E-state index in [0.717, 1.165) is 22.4 Å². The highest BCUT2D eigenvalue weighted by Crippen LogP contribution is 2.28. The number of hydrogen-bond acceptors (Lipinski definition) is 3. The van der Waals surface area contributed by atoms with Crippen LogP contribution in [-0.4, -0.2) is 12.2 Å². The van der Waals surface area contributed by atoms with Crippen molar-refractivity contribution >= 4 is 5.69 Å². The Hall–Kier alpha value is -2.23. The number of phenolic OH excluding ortho intramolecular Hbond substituents is 1. The molecule has 3 nitrogen and oxygen atoms in total. The molecule has 0 aliphatic rings. The summed E-state index contributed by atoms with van der Waals surface area (Å²) in [5.74, 6) is 0.143. The minimum Gasteiger partial charge on any atom is -0.507 e. The van der Waals surface area contributed by atoms with Gasteiger partial charge < -0.3 is 15.2 Å². The predicted molar refractivity (Wildman–Crippen MR) is 77.9 cm³/mol. The second-order valence-electron chi connectivity index (χ2n) is 4.73. The van der Waals surface area contributed by atoms with Gasteiger partial charge in [-0.1, -0.05) is 12.1 Å². The lowest BCUT2D eigenvalue weighted by Crippen LogP contribution is -2.02. The maximum atomic E-state index is 13.6. The van der Waals surface area contributed by atoms with Gasteiger partial charge in [-0.05, 0) is 43.2 Å². The summed E-state index contributed by atoms with van der Waals surface area (Å²) in [5.41, 5.74) is 3.27. The van der Waals surface area contributed by atoms with Crippen LogP contribution >= 0.6 is 0 Å². The fraction of sp³-hybridized carbons (Fsp3) is 0.250. The van der Waals surface area contributed by atoms with Gasteiger partial charge in [0.15, 0.2) is 11.6 Å². The molecule has 2 aromatic carbocycles. The van der Waals surface area contributed by atoms with E-state index in [2.05, 4.69) is 5.32 Å². The first kappa shape index (κ1) is 14.2. The first-order chi connectivity index (χ1) is 9.52. The summed E-state index contributed by atoms with van der Waals surface area (Å²) in [6, 6.07) is 8.60. The number of aryl methyl sites for hydroxylation is 1. The molecule has 0 heterocycles. The molecule has 0 spiro atoms. The molecular formula is C16H18FNO2. The minimum atomic E-state index is -0.379. The molecule has 0 atom stereocenters. The lowest BCUT2D eigenvalue weighted by atomic mass is 10.1. The van der Waals surface area contributed by atoms with Crippen molar-refractivity contribution < 1.29 is 14.2 Å². The van der Waals surface area contributed by atoms with E-state index in [9.17, 15) is 9.50 Å². The van der Waals surface area contributed by atoms with E-state index in [4.69, 9.17) is 4.74 Å². The summed E-state index contributed by atoms with van der Waals surface area (Å²) in [4.78, 5) is 0. The average molecular weight is 275 g/mol. The smallest absolute Gasteiger partial charge is 0.165 e. The SMILES string of the molecule is COc1ccc(CNc2ccc(C)c(O)c2C)cc1F. The molecule has 0 bridgehead atoms. The summed E-state index contributed by atoms with van der Waals surface area (Å²) in [6.45, 7) is 4.18. The second-order valence-corrected chi connectivity index (χ2v) is 4.73. The molecule has 4 heteroatoms. The summed E-state index contributed by atoms with van der Waals surface area (Å²) >= 11 is 0. The molecule has 2 aromatic rings. The number of halogens is 1. The number of anilines is 1. The first-order valence-corrected chi connectivity index (χ1v) is 6.38. The molecular weight excluding hydrogens is 257 g/mol. The largest absolute Gasteiger partial charge is 0.507 e. The van der Waals surface area contributed by atoms with Crippen molar-refractivity contribution in [3.8, 4) is 11.5 Å². The number of aromatic hydroxyl groups is 1. The van der Waals surface area contributed by atoms with E-state index in [1.165, 1.54) is 13.2 Å². The second kappa shape index (κ2) is 5.82. The molecule has 0 saturated heterocycles. The Morgan fingerprint density at radius 3 is 2.60 bits per heavy atom. The summed E-state index contributed by atoms with van der Waals surface area (Å²) in [5, 5.41) is 13.1. The molecule has 2 rings (SSSR count). The van der Waals surface area contributed by atoms with Crippen molar-refractivity contribution in [3.05, 3.63) is 52.8 Å². The van der Waals surface area contributed by atoms with Gasteiger partial charge in [0.25, 0.3) is 0 Å². The number of rotatable bonds is 4. The molecule has 0 aliphatic heterocycles. The molecule has 0 aliphatic carbocycles. The van der Waals surface area contributed by atoms with Crippen molar-refractivity contribution in [2.75, 3.05) is 12.4 Å². The first-order valence-electron chi connectivity index (χ1n) is 6.38. The highest BCUT2D eigenvalue weighted by molar-refractivity contribution is 5.59. The third-order valence-corrected chi connectivity index (χ3v) is 3.33. The Bertz CT molecular complexity index is 626. The number of nitrogens with one attached hydrogen (secondary N) is 1. The van der Waals surface area contributed by atoms with Crippen LogP contribution in [0.15, 0.2) is 30.3 Å². The summed E-state index contributed by atoms with van der Waals surface area (Å²) < 4.78 is 18.5. The van der Waals surface area contributed by atoms with E-state index in [-0.39, 0.29) is 17.3 Å². The number of phenols is 1. The predicted octanol–water partition coefficient (Wildman–Crippen LogP) is 3.77. The Morgan fingerprint density at radius 1 is 1.20 bits per heavy atom. The van der Waals surface area contributed by atoms with E-state index >= 15 is 0 Å². The van der Waals surface area contributed by atoms with E-state index in [1.807, 2.05) is 26.0 Å². The Labute approximate surface area is 118 Å². The lowest BCUT2D eigenvalue weighted by Gasteiger charge is -2.13. The van der Waals surface area contributed by atoms with E-state index < -0.39 is 0 Å². The van der Waals surface area contributed by atoms with Crippen LogP contribution in [0.1, 0.15) is 16.7 Å². The van der Waals surface area contributed by atoms with Gasteiger partial charge in [0.2, 0.25) is 0 Å².